The lowest BCUT2D eigenvalue weighted by molar-refractivity contribution is -0.137. The van der Waals surface area contributed by atoms with Crippen molar-refractivity contribution < 1.29 is 39.9 Å². The molecular formula is C19H17F5N2O4S. The second kappa shape index (κ2) is 8.79. The maximum atomic E-state index is 13.4. The summed E-state index contributed by atoms with van der Waals surface area (Å²) in [7, 11) is -4.07. The van der Waals surface area contributed by atoms with E-state index < -0.39 is 50.8 Å². The van der Waals surface area contributed by atoms with Crippen LogP contribution in [0, 0.1) is 11.6 Å². The number of sulfonamides is 1. The molecule has 2 aromatic rings. The minimum atomic E-state index is -4.54. The number of alkyl halides is 3. The molecule has 0 bridgehead atoms. The van der Waals surface area contributed by atoms with Gasteiger partial charge in [-0.3, -0.25) is 4.79 Å². The molecule has 1 fully saturated rings. The molecule has 6 nitrogen and oxygen atoms in total. The van der Waals surface area contributed by atoms with Crippen molar-refractivity contribution in [2.45, 2.75) is 11.1 Å². The molecular weight excluding hydrogens is 447 g/mol. The first-order chi connectivity index (χ1) is 14.5. The number of hydrogen-bond donors (Lipinski definition) is 0. The fraction of sp³-hybridized carbons (Fsp3) is 0.316. The molecule has 1 aliphatic heterocycles. The summed E-state index contributed by atoms with van der Waals surface area (Å²) in [5.74, 6) is -3.11. The Kier molecular flexibility index (Phi) is 6.51. The summed E-state index contributed by atoms with van der Waals surface area (Å²) in [6.45, 7) is -0.675. The molecule has 31 heavy (non-hydrogen) atoms. The molecule has 1 saturated heterocycles. The fourth-order valence-electron chi connectivity index (χ4n) is 2.96. The molecule has 1 heterocycles. The number of ether oxygens (including phenoxy) is 1. The first kappa shape index (κ1) is 22.9. The van der Waals surface area contributed by atoms with Crippen molar-refractivity contribution in [3.05, 3.63) is 59.7 Å². The lowest BCUT2D eigenvalue weighted by atomic mass is 10.2. The number of hydrogen-bond acceptors (Lipinski definition) is 4. The van der Waals surface area contributed by atoms with Gasteiger partial charge in [0.1, 0.15) is 5.75 Å². The molecule has 2 aromatic carbocycles. The Hall–Kier alpha value is -2.73. The van der Waals surface area contributed by atoms with Crippen LogP contribution in [0.15, 0.2) is 47.4 Å². The summed E-state index contributed by atoms with van der Waals surface area (Å²) in [6.07, 6.45) is -4.54. The average Bonchev–Trinajstić information content (AvgIpc) is 2.73. The molecule has 0 atom stereocenters. The van der Waals surface area contributed by atoms with E-state index in [1.165, 1.54) is 11.0 Å². The summed E-state index contributed by atoms with van der Waals surface area (Å²) in [5.41, 5.74) is -0.909. The van der Waals surface area contributed by atoms with Crippen LogP contribution >= 0.6 is 0 Å². The number of carbonyl (C=O) groups excluding carboxylic acids is 1. The first-order valence-corrected chi connectivity index (χ1v) is 10.5. The van der Waals surface area contributed by atoms with Crippen LogP contribution in [-0.4, -0.2) is 56.3 Å². The number of rotatable bonds is 5. The predicted molar refractivity (Wildman–Crippen MR) is 98.6 cm³/mol. The van der Waals surface area contributed by atoms with Crippen molar-refractivity contribution in [1.29, 1.82) is 0 Å². The highest BCUT2D eigenvalue weighted by Gasteiger charge is 2.32. The molecule has 0 unspecified atom stereocenters. The van der Waals surface area contributed by atoms with Gasteiger partial charge < -0.3 is 9.64 Å². The van der Waals surface area contributed by atoms with Gasteiger partial charge in [-0.15, -0.1) is 0 Å². The van der Waals surface area contributed by atoms with Gasteiger partial charge in [0.05, 0.1) is 10.5 Å². The SMILES string of the molecule is O=C(COc1cccc(C(F)(F)F)c1)N1CCN(S(=O)(=O)c2ccc(F)c(F)c2)CC1. The summed E-state index contributed by atoms with van der Waals surface area (Å²) < 4.78 is 95.9. The van der Waals surface area contributed by atoms with E-state index in [9.17, 15) is 35.2 Å². The Morgan fingerprint density at radius 2 is 1.65 bits per heavy atom. The van der Waals surface area contributed by atoms with Crippen LogP contribution in [0.25, 0.3) is 0 Å². The third kappa shape index (κ3) is 5.31. The number of amides is 1. The van der Waals surface area contributed by atoms with E-state index in [2.05, 4.69) is 0 Å². The van der Waals surface area contributed by atoms with Crippen LogP contribution in [0.1, 0.15) is 5.56 Å². The zero-order valence-corrected chi connectivity index (χ0v) is 16.7. The van der Waals surface area contributed by atoms with Gasteiger partial charge in [0.25, 0.3) is 5.91 Å². The Labute approximate surface area is 174 Å². The minimum absolute atomic E-state index is 0.00763. The Bertz CT molecular complexity index is 1070. The summed E-state index contributed by atoms with van der Waals surface area (Å²) >= 11 is 0. The molecule has 0 saturated carbocycles. The highest BCUT2D eigenvalue weighted by molar-refractivity contribution is 7.89. The summed E-state index contributed by atoms with van der Waals surface area (Å²) in [6, 6.07) is 6.35. The second-order valence-corrected chi connectivity index (χ2v) is 8.61. The average molecular weight is 464 g/mol. The van der Waals surface area contributed by atoms with Crippen LogP contribution in [0.4, 0.5) is 22.0 Å². The number of carbonyl (C=O) groups is 1. The molecule has 0 radical (unpaired) electrons. The van der Waals surface area contributed by atoms with Crippen molar-refractivity contribution in [3.63, 3.8) is 0 Å². The van der Waals surface area contributed by atoms with Crippen molar-refractivity contribution >= 4 is 15.9 Å². The van der Waals surface area contributed by atoms with Gasteiger partial charge in [-0.2, -0.15) is 17.5 Å². The third-order valence-electron chi connectivity index (χ3n) is 4.64. The monoisotopic (exact) mass is 464 g/mol. The topological polar surface area (TPSA) is 66.9 Å². The normalized spacial score (nSPS) is 15.7. The van der Waals surface area contributed by atoms with Gasteiger partial charge in [0, 0.05) is 26.2 Å². The van der Waals surface area contributed by atoms with Crippen LogP contribution in [0.5, 0.6) is 5.75 Å². The zero-order chi connectivity index (χ0) is 22.8. The fourth-order valence-corrected chi connectivity index (χ4v) is 4.40. The highest BCUT2D eigenvalue weighted by Crippen LogP contribution is 2.31. The molecule has 0 aliphatic carbocycles. The molecule has 0 N–H and O–H groups in total. The van der Waals surface area contributed by atoms with E-state index in [0.717, 1.165) is 28.6 Å². The van der Waals surface area contributed by atoms with E-state index in [1.54, 1.807) is 0 Å². The smallest absolute Gasteiger partial charge is 0.416 e. The number of piperazine rings is 1. The third-order valence-corrected chi connectivity index (χ3v) is 6.54. The molecule has 1 amide bonds. The zero-order valence-electron chi connectivity index (χ0n) is 15.9. The van der Waals surface area contributed by atoms with Gasteiger partial charge in [0.2, 0.25) is 10.0 Å². The Balaban J connectivity index is 1.57. The number of halogens is 5. The summed E-state index contributed by atoms with van der Waals surface area (Å²) in [5, 5.41) is 0. The van der Waals surface area contributed by atoms with E-state index in [4.69, 9.17) is 4.74 Å². The van der Waals surface area contributed by atoms with Gasteiger partial charge in [-0.05, 0) is 36.4 Å². The quantitative estimate of drug-likeness (QED) is 0.639. The molecule has 0 spiro atoms. The van der Waals surface area contributed by atoms with E-state index in [1.807, 2.05) is 0 Å². The molecule has 1 aliphatic rings. The van der Waals surface area contributed by atoms with Gasteiger partial charge in [0.15, 0.2) is 18.2 Å². The number of nitrogens with zero attached hydrogens (tertiary/aromatic N) is 2. The molecule has 12 heteroatoms. The van der Waals surface area contributed by atoms with Crippen molar-refractivity contribution in [3.8, 4) is 5.75 Å². The maximum absolute atomic E-state index is 13.4. The van der Waals surface area contributed by atoms with Crippen LogP contribution in [0.2, 0.25) is 0 Å². The Morgan fingerprint density at radius 1 is 0.968 bits per heavy atom. The van der Waals surface area contributed by atoms with Crippen LogP contribution in [-0.2, 0) is 21.0 Å². The largest absolute Gasteiger partial charge is 0.484 e. The van der Waals surface area contributed by atoms with E-state index in [0.29, 0.717) is 12.1 Å². The molecule has 0 aromatic heterocycles. The predicted octanol–water partition coefficient (Wildman–Crippen LogP) is 2.90. The van der Waals surface area contributed by atoms with Gasteiger partial charge in [-0.25, -0.2) is 17.2 Å². The van der Waals surface area contributed by atoms with E-state index >= 15 is 0 Å². The van der Waals surface area contributed by atoms with Gasteiger partial charge in [-0.1, -0.05) is 6.07 Å². The highest BCUT2D eigenvalue weighted by atomic mass is 32.2. The van der Waals surface area contributed by atoms with Gasteiger partial charge >= 0.3 is 6.18 Å². The molecule has 168 valence electrons. The lowest BCUT2D eigenvalue weighted by Crippen LogP contribution is -2.51. The Morgan fingerprint density at radius 3 is 2.26 bits per heavy atom. The minimum Gasteiger partial charge on any atom is -0.484 e. The van der Waals surface area contributed by atoms with Crippen LogP contribution in [0.3, 0.4) is 0 Å². The second-order valence-electron chi connectivity index (χ2n) is 6.68. The van der Waals surface area contributed by atoms with Crippen LogP contribution < -0.4 is 4.74 Å². The van der Waals surface area contributed by atoms with E-state index in [-0.39, 0.29) is 31.9 Å². The number of benzene rings is 2. The standard InChI is InChI=1S/C19H17F5N2O4S/c20-16-5-4-15(11-17(16)21)31(28,29)26-8-6-25(7-9-26)18(27)12-30-14-3-1-2-13(10-14)19(22,23)24/h1-5,10-11H,6-9,12H2. The first-order valence-electron chi connectivity index (χ1n) is 9.01. The summed E-state index contributed by atoms with van der Waals surface area (Å²) in [4.78, 5) is 13.2. The maximum Gasteiger partial charge on any atom is 0.416 e. The van der Waals surface area contributed by atoms with Crippen molar-refractivity contribution in [2.75, 3.05) is 32.8 Å². The van der Waals surface area contributed by atoms with Crippen molar-refractivity contribution in [2.24, 2.45) is 0 Å². The molecule has 3 rings (SSSR count). The lowest BCUT2D eigenvalue weighted by Gasteiger charge is -2.34. The van der Waals surface area contributed by atoms with Crippen molar-refractivity contribution in [1.82, 2.24) is 9.21 Å².